The van der Waals surface area contributed by atoms with Gasteiger partial charge in [-0.3, -0.25) is 49.8 Å². The fourth-order valence-corrected chi connectivity index (χ4v) is 5.41. The molecule has 0 aliphatic heterocycles. The lowest BCUT2D eigenvalue weighted by Crippen LogP contribution is -2.43. The zero-order chi connectivity index (χ0) is 30.5. The van der Waals surface area contributed by atoms with Gasteiger partial charge in [0.25, 0.3) is 12.9 Å². The summed E-state index contributed by atoms with van der Waals surface area (Å²) in [6.07, 6.45) is -3.33. The zero-order valence-electron chi connectivity index (χ0n) is 21.5. The van der Waals surface area contributed by atoms with Crippen molar-refractivity contribution in [1.29, 1.82) is 0 Å². The summed E-state index contributed by atoms with van der Waals surface area (Å²) in [4.78, 5) is 91.9. The second-order valence-electron chi connectivity index (χ2n) is 8.22. The molecule has 8 N–H and O–H groups in total. The summed E-state index contributed by atoms with van der Waals surface area (Å²) < 4.78 is 8.99. The van der Waals surface area contributed by atoms with Crippen LogP contribution >= 0.6 is 21.6 Å². The Bertz CT molecular complexity index is 822. The maximum atomic E-state index is 12.5. The SMILES string of the molecule is N[C@@H](CCC(=O)CC(CSSC[C@H](NC(=O)CC[C@H](N)OC=O)C(=O)CCC(=O)O)C(=O)NCC(=O)O)OC=O. The van der Waals surface area contributed by atoms with Crippen molar-refractivity contribution >= 4 is 69.9 Å². The molecule has 0 bridgehead atoms. The lowest BCUT2D eigenvalue weighted by Gasteiger charge is -2.19. The quantitative estimate of drug-likeness (QED) is 0.0298. The third-order valence-corrected chi connectivity index (χ3v) is 7.47. The first kappa shape index (κ1) is 36.8. The molecule has 40 heavy (non-hydrogen) atoms. The average molecular weight is 611 g/mol. The van der Waals surface area contributed by atoms with E-state index in [4.69, 9.17) is 21.7 Å². The van der Waals surface area contributed by atoms with Crippen LogP contribution in [0.25, 0.3) is 0 Å². The summed E-state index contributed by atoms with van der Waals surface area (Å²) in [5.41, 5.74) is 11.0. The topological polar surface area (TPSA) is 272 Å². The number of carbonyl (C=O) groups excluding carboxylic acids is 6. The van der Waals surface area contributed by atoms with Crippen LogP contribution in [0.4, 0.5) is 0 Å². The number of ether oxygens (including phenoxy) is 2. The third kappa shape index (κ3) is 18.9. The Morgan fingerprint density at radius 3 is 1.93 bits per heavy atom. The number of rotatable bonds is 25. The molecule has 0 aromatic heterocycles. The average Bonchev–Trinajstić information content (AvgIpc) is 2.89. The van der Waals surface area contributed by atoms with Crippen molar-refractivity contribution < 1.29 is 58.0 Å². The fourth-order valence-electron chi connectivity index (χ4n) is 2.90. The highest BCUT2D eigenvalue weighted by Gasteiger charge is 2.25. The molecular formula is C22H34N4O12S2. The molecule has 0 saturated heterocycles. The van der Waals surface area contributed by atoms with E-state index >= 15 is 0 Å². The number of hydrogen-bond donors (Lipinski definition) is 6. The Balaban J connectivity index is 5.13. The van der Waals surface area contributed by atoms with E-state index < -0.39 is 66.9 Å². The van der Waals surface area contributed by atoms with E-state index in [0.29, 0.717) is 0 Å². The summed E-state index contributed by atoms with van der Waals surface area (Å²) in [6, 6.07) is -1.08. The Morgan fingerprint density at radius 2 is 1.38 bits per heavy atom. The van der Waals surface area contributed by atoms with Crippen molar-refractivity contribution in [1.82, 2.24) is 10.6 Å². The van der Waals surface area contributed by atoms with Crippen LogP contribution in [0.1, 0.15) is 44.9 Å². The molecule has 0 aliphatic carbocycles. The van der Waals surface area contributed by atoms with E-state index in [1.165, 1.54) is 0 Å². The third-order valence-electron chi connectivity index (χ3n) is 4.98. The van der Waals surface area contributed by atoms with Gasteiger partial charge in [-0.15, -0.1) is 0 Å². The minimum absolute atomic E-state index is 0.0128. The van der Waals surface area contributed by atoms with Crippen molar-refractivity contribution in [2.24, 2.45) is 17.4 Å². The number of carboxylic acid groups (broad SMARTS) is 2. The van der Waals surface area contributed by atoms with Gasteiger partial charge in [-0.1, -0.05) is 21.6 Å². The van der Waals surface area contributed by atoms with Gasteiger partial charge in [0.2, 0.25) is 11.8 Å². The number of Topliss-reactive ketones (excluding diaryl/α,β-unsaturated/α-hetero) is 2. The molecule has 0 fully saturated rings. The molecule has 0 radical (unpaired) electrons. The normalized spacial score (nSPS) is 13.6. The maximum absolute atomic E-state index is 12.5. The smallest absolute Gasteiger partial charge is 0.322 e. The number of aliphatic carboxylic acids is 2. The van der Waals surface area contributed by atoms with Crippen molar-refractivity contribution in [3.63, 3.8) is 0 Å². The van der Waals surface area contributed by atoms with E-state index in [9.17, 15) is 38.4 Å². The van der Waals surface area contributed by atoms with Gasteiger partial charge in [-0.2, -0.15) is 0 Å². The summed E-state index contributed by atoms with van der Waals surface area (Å²) in [7, 11) is 2.15. The summed E-state index contributed by atoms with van der Waals surface area (Å²) in [5, 5.41) is 22.4. The first-order valence-corrected chi connectivity index (χ1v) is 14.4. The molecule has 1 unspecified atom stereocenters. The molecule has 0 saturated carbocycles. The maximum Gasteiger partial charge on any atom is 0.322 e. The van der Waals surface area contributed by atoms with Gasteiger partial charge in [0.15, 0.2) is 18.2 Å². The van der Waals surface area contributed by atoms with Crippen molar-refractivity contribution in [3.05, 3.63) is 0 Å². The molecule has 2 amide bonds. The minimum atomic E-state index is -1.28. The zero-order valence-corrected chi connectivity index (χ0v) is 23.1. The van der Waals surface area contributed by atoms with Crippen LogP contribution in [0.5, 0.6) is 0 Å². The predicted molar refractivity (Wildman–Crippen MR) is 141 cm³/mol. The molecular weight excluding hydrogens is 576 g/mol. The summed E-state index contributed by atoms with van der Waals surface area (Å²) in [6.45, 7) is -0.383. The van der Waals surface area contributed by atoms with Crippen LogP contribution in [-0.2, 0) is 47.8 Å². The molecule has 18 heteroatoms. The highest BCUT2D eigenvalue weighted by Crippen LogP contribution is 2.27. The van der Waals surface area contributed by atoms with Gasteiger partial charge in [0.1, 0.15) is 12.3 Å². The largest absolute Gasteiger partial charge is 0.481 e. The van der Waals surface area contributed by atoms with Gasteiger partial charge in [0.05, 0.1) is 18.4 Å². The summed E-state index contributed by atoms with van der Waals surface area (Å²) >= 11 is 0. The van der Waals surface area contributed by atoms with E-state index in [2.05, 4.69) is 20.1 Å². The van der Waals surface area contributed by atoms with Crippen molar-refractivity contribution in [3.8, 4) is 0 Å². The van der Waals surface area contributed by atoms with E-state index in [-0.39, 0.29) is 68.8 Å². The molecule has 0 aromatic carbocycles. The molecule has 0 spiro atoms. The first-order valence-electron chi connectivity index (χ1n) is 11.9. The van der Waals surface area contributed by atoms with Gasteiger partial charge < -0.3 is 30.3 Å². The minimum Gasteiger partial charge on any atom is -0.481 e. The van der Waals surface area contributed by atoms with Gasteiger partial charge >= 0.3 is 11.9 Å². The Labute approximate surface area is 237 Å². The van der Waals surface area contributed by atoms with Crippen molar-refractivity contribution in [2.45, 2.75) is 63.4 Å². The number of nitrogens with one attached hydrogen (secondary N) is 2. The molecule has 0 heterocycles. The molecule has 0 aromatic rings. The predicted octanol–water partition coefficient (Wildman–Crippen LogP) is -1.46. The van der Waals surface area contributed by atoms with Gasteiger partial charge in [-0.05, 0) is 0 Å². The van der Waals surface area contributed by atoms with Gasteiger partial charge in [0, 0.05) is 50.0 Å². The number of carboxylic acids is 2. The second-order valence-corrected chi connectivity index (χ2v) is 10.8. The molecule has 4 atom stereocenters. The number of ketones is 2. The molecule has 226 valence electrons. The van der Waals surface area contributed by atoms with E-state index in [1.807, 2.05) is 0 Å². The van der Waals surface area contributed by atoms with Crippen LogP contribution < -0.4 is 22.1 Å². The van der Waals surface area contributed by atoms with Gasteiger partial charge in [-0.25, -0.2) is 0 Å². The molecule has 16 nitrogen and oxygen atoms in total. The number of amides is 2. The van der Waals surface area contributed by atoms with E-state index in [1.54, 1.807) is 0 Å². The first-order chi connectivity index (χ1) is 18.9. The standard InChI is InChI=1S/C22H34N4O12S2/c23-17(37-11-27)3-1-14(29)7-13(22(36)25-8-21(34)35)9-39-40-10-15(16(30)2-6-20(32)33)26-19(31)5-4-18(24)38-12-28/h11-13,15,17-18H,1-10,23-24H2,(H,25,36)(H,26,31)(H,32,33)(H,34,35)/t13?,15-,17+,18+/m0/s1. The fraction of sp³-hybridized carbons (Fsp3) is 0.636. The highest BCUT2D eigenvalue weighted by atomic mass is 33.1. The Kier molecular flexibility index (Phi) is 19.8. The van der Waals surface area contributed by atoms with Crippen LogP contribution in [0.2, 0.25) is 0 Å². The second kappa shape index (κ2) is 21.6. The number of carbonyl (C=O) groups is 8. The van der Waals surface area contributed by atoms with Crippen LogP contribution in [0.15, 0.2) is 0 Å². The van der Waals surface area contributed by atoms with Crippen LogP contribution in [0.3, 0.4) is 0 Å². The molecule has 0 aliphatic rings. The summed E-state index contributed by atoms with van der Waals surface area (Å²) in [5.74, 6) is -5.60. The Morgan fingerprint density at radius 1 is 0.800 bits per heavy atom. The Hall–Kier alpha value is -3.22. The lowest BCUT2D eigenvalue weighted by molar-refractivity contribution is -0.139. The monoisotopic (exact) mass is 610 g/mol. The van der Waals surface area contributed by atoms with E-state index in [0.717, 1.165) is 21.6 Å². The van der Waals surface area contributed by atoms with Crippen molar-refractivity contribution in [2.75, 3.05) is 18.1 Å². The number of hydrogen-bond acceptors (Lipinski definition) is 14. The molecule has 0 rings (SSSR count). The lowest BCUT2D eigenvalue weighted by atomic mass is 10.0. The van der Waals surface area contributed by atoms with Crippen LogP contribution in [0, 0.1) is 5.92 Å². The number of nitrogens with two attached hydrogens (primary N) is 2. The highest BCUT2D eigenvalue weighted by molar-refractivity contribution is 8.76. The van der Waals surface area contributed by atoms with Crippen LogP contribution in [-0.4, -0.2) is 95.0 Å².